The molecule has 0 aromatic heterocycles. The van der Waals surface area contributed by atoms with E-state index in [-0.39, 0.29) is 27.8 Å². The molecule has 0 radical (unpaired) electrons. The molecule has 4 heteroatoms. The average molecular weight is 591 g/mol. The molecule has 7 aliphatic rings. The summed E-state index contributed by atoms with van der Waals surface area (Å²) in [6.07, 6.45) is 1.98. The Morgan fingerprint density at radius 1 is 0.422 bits per heavy atom. The third kappa shape index (κ3) is 4.34. The SMILES string of the molecule is CC1(C)CC23CC(C)(C)c4ccc(cc42)Oc2ccc(cc2)C(=O)c2ccc(cc2)C(=O)c2ccc(cc2)Oc2ccc1c3c2. The van der Waals surface area contributed by atoms with Crippen molar-refractivity contribution in [1.29, 1.82) is 0 Å². The highest BCUT2D eigenvalue weighted by Gasteiger charge is 2.56. The molecule has 0 atom stereocenters. The fourth-order valence-electron chi connectivity index (χ4n) is 8.16. The van der Waals surface area contributed by atoms with Crippen molar-refractivity contribution in [2.75, 3.05) is 0 Å². The number of carbonyl (C=O) groups excluding carboxylic acids is 2. The van der Waals surface area contributed by atoms with Crippen molar-refractivity contribution in [2.45, 2.75) is 56.8 Å². The Labute approximate surface area is 263 Å². The van der Waals surface area contributed by atoms with Crippen molar-refractivity contribution in [1.82, 2.24) is 0 Å². The zero-order valence-corrected chi connectivity index (χ0v) is 25.9. The Morgan fingerprint density at radius 2 is 0.733 bits per heavy atom. The van der Waals surface area contributed by atoms with Crippen LogP contribution in [0.3, 0.4) is 0 Å². The molecule has 12 rings (SSSR count). The first-order chi connectivity index (χ1) is 21.5. The molecule has 5 aromatic carbocycles. The van der Waals surface area contributed by atoms with Gasteiger partial charge in [0, 0.05) is 27.7 Å². The molecule has 10 bridgehead atoms. The number of rotatable bonds is 0. The number of hydrogen-bond acceptors (Lipinski definition) is 4. The van der Waals surface area contributed by atoms with Crippen LogP contribution >= 0.6 is 0 Å². The van der Waals surface area contributed by atoms with Gasteiger partial charge < -0.3 is 9.47 Å². The van der Waals surface area contributed by atoms with E-state index in [1.165, 1.54) is 22.3 Å². The van der Waals surface area contributed by atoms with Gasteiger partial charge in [-0.05, 0) is 119 Å². The summed E-state index contributed by atoms with van der Waals surface area (Å²) in [7, 11) is 0. The van der Waals surface area contributed by atoms with Gasteiger partial charge in [0.25, 0.3) is 0 Å². The first-order valence-corrected chi connectivity index (χ1v) is 15.6. The van der Waals surface area contributed by atoms with Crippen LogP contribution in [0.5, 0.6) is 23.0 Å². The van der Waals surface area contributed by atoms with Gasteiger partial charge in [-0.2, -0.15) is 0 Å². The molecular weight excluding hydrogens is 556 g/mol. The van der Waals surface area contributed by atoms with Crippen LogP contribution in [0.4, 0.5) is 0 Å². The van der Waals surface area contributed by atoms with Gasteiger partial charge in [-0.3, -0.25) is 9.59 Å². The summed E-state index contributed by atoms with van der Waals surface area (Å²) in [4.78, 5) is 26.5. The van der Waals surface area contributed by atoms with Crippen LogP contribution in [0.2, 0.25) is 0 Å². The summed E-state index contributed by atoms with van der Waals surface area (Å²) in [5.41, 5.74) is 7.26. The number of ketones is 2. The minimum atomic E-state index is -0.189. The second kappa shape index (κ2) is 9.52. The van der Waals surface area contributed by atoms with E-state index >= 15 is 0 Å². The van der Waals surface area contributed by atoms with E-state index in [1.807, 2.05) is 24.3 Å². The Hall–Kier alpha value is -4.96. The number of ether oxygens (including phenoxy) is 2. The van der Waals surface area contributed by atoms with Crippen molar-refractivity contribution in [3.63, 3.8) is 0 Å². The molecule has 5 aliphatic heterocycles. The highest BCUT2D eigenvalue weighted by Crippen LogP contribution is 2.63. The Morgan fingerprint density at radius 3 is 1.09 bits per heavy atom. The zero-order chi connectivity index (χ0) is 31.1. The summed E-state index contributed by atoms with van der Waals surface area (Å²) in [6.45, 7) is 9.36. The molecule has 5 heterocycles. The number of hydrogen-bond donors (Lipinski definition) is 0. The van der Waals surface area contributed by atoms with Crippen molar-refractivity contribution >= 4 is 11.6 Å². The van der Waals surface area contributed by atoms with Gasteiger partial charge >= 0.3 is 0 Å². The molecule has 0 saturated carbocycles. The summed E-state index contributed by atoms with van der Waals surface area (Å²) >= 11 is 0. The quantitative estimate of drug-likeness (QED) is 0.180. The van der Waals surface area contributed by atoms with Crippen LogP contribution in [0, 0.1) is 0 Å². The van der Waals surface area contributed by atoms with E-state index in [9.17, 15) is 9.59 Å². The summed E-state index contributed by atoms with van der Waals surface area (Å²) in [5.74, 6) is 2.69. The lowest BCUT2D eigenvalue weighted by Crippen LogP contribution is -2.27. The Kier molecular flexibility index (Phi) is 5.83. The van der Waals surface area contributed by atoms with Gasteiger partial charge in [0.1, 0.15) is 23.0 Å². The van der Waals surface area contributed by atoms with E-state index in [1.54, 1.807) is 48.5 Å². The second-order valence-corrected chi connectivity index (χ2v) is 14.1. The van der Waals surface area contributed by atoms with E-state index < -0.39 is 0 Å². The van der Waals surface area contributed by atoms with Crippen LogP contribution < -0.4 is 9.47 Å². The van der Waals surface area contributed by atoms with Crippen molar-refractivity contribution in [3.8, 4) is 23.0 Å². The Balaban J connectivity index is 1.29. The van der Waals surface area contributed by atoms with Gasteiger partial charge in [-0.15, -0.1) is 0 Å². The predicted octanol–water partition coefficient (Wildman–Crippen LogP) is 9.70. The molecule has 0 unspecified atom stereocenters. The molecule has 1 spiro atoms. The zero-order valence-electron chi connectivity index (χ0n) is 25.9. The number of fused-ring (bicyclic) bond motifs is 1. The summed E-state index contributed by atoms with van der Waals surface area (Å²) < 4.78 is 12.8. The third-order valence-corrected chi connectivity index (χ3v) is 10.1. The molecule has 0 fully saturated rings. The summed E-state index contributed by atoms with van der Waals surface area (Å²) in [6, 6.07) is 34.4. The van der Waals surface area contributed by atoms with Crippen LogP contribution in [0.1, 0.15) is 94.6 Å². The van der Waals surface area contributed by atoms with Crippen LogP contribution in [-0.4, -0.2) is 11.6 Å². The van der Waals surface area contributed by atoms with Gasteiger partial charge in [0.2, 0.25) is 0 Å². The van der Waals surface area contributed by atoms with Gasteiger partial charge in [0.15, 0.2) is 11.6 Å². The maximum Gasteiger partial charge on any atom is 0.193 e. The fourth-order valence-corrected chi connectivity index (χ4v) is 8.16. The number of benzene rings is 5. The first kappa shape index (κ1) is 27.6. The number of carbonyl (C=O) groups is 2. The predicted molar refractivity (Wildman–Crippen MR) is 175 cm³/mol. The molecule has 222 valence electrons. The standard InChI is InChI=1S/C41H34O4/c1-39(2)23-41-24-40(3,4)34-20-18-32(22-36(34)41)45-30-15-11-28(12-16-30)38(43)26-7-5-25(6-8-26)37(42)27-9-13-29(14-10-27)44-31-17-19-33(39)35(41)21-31/h5-22H,23-24H2,1-4H3. The lowest BCUT2D eigenvalue weighted by atomic mass is 9.72. The largest absolute Gasteiger partial charge is 0.457 e. The van der Waals surface area contributed by atoms with Crippen molar-refractivity contribution < 1.29 is 19.1 Å². The smallest absolute Gasteiger partial charge is 0.193 e. The highest BCUT2D eigenvalue weighted by atomic mass is 16.5. The first-order valence-electron chi connectivity index (χ1n) is 15.6. The van der Waals surface area contributed by atoms with Gasteiger partial charge in [0.05, 0.1) is 0 Å². The molecule has 4 nitrogen and oxygen atoms in total. The minimum absolute atomic E-state index is 0.0181. The minimum Gasteiger partial charge on any atom is -0.457 e. The molecule has 0 amide bonds. The maximum absolute atomic E-state index is 13.3. The molecule has 5 aromatic rings. The normalized spacial score (nSPS) is 18.1. The summed E-state index contributed by atoms with van der Waals surface area (Å²) in [5, 5.41) is 0. The maximum atomic E-state index is 13.3. The highest BCUT2D eigenvalue weighted by molar-refractivity contribution is 6.11. The lowest BCUT2D eigenvalue weighted by molar-refractivity contribution is 0.102. The second-order valence-electron chi connectivity index (χ2n) is 14.1. The molecule has 2 aliphatic carbocycles. The fraction of sp³-hybridized carbons (Fsp3) is 0.220. The molecule has 45 heavy (non-hydrogen) atoms. The van der Waals surface area contributed by atoms with Gasteiger partial charge in [-0.25, -0.2) is 0 Å². The van der Waals surface area contributed by atoms with E-state index in [0.717, 1.165) is 24.3 Å². The van der Waals surface area contributed by atoms with Gasteiger partial charge in [-0.1, -0.05) is 64.1 Å². The Bertz CT molecular complexity index is 1860. The van der Waals surface area contributed by atoms with Crippen molar-refractivity contribution in [2.24, 2.45) is 0 Å². The molecule has 0 N–H and O–H groups in total. The lowest BCUT2D eigenvalue weighted by Gasteiger charge is -2.30. The average Bonchev–Trinajstić information content (AvgIpc) is 3.39. The van der Waals surface area contributed by atoms with E-state index in [4.69, 9.17) is 9.47 Å². The monoisotopic (exact) mass is 590 g/mol. The van der Waals surface area contributed by atoms with Crippen LogP contribution in [-0.2, 0) is 16.2 Å². The van der Waals surface area contributed by atoms with E-state index in [2.05, 4.69) is 64.1 Å². The van der Waals surface area contributed by atoms with Crippen molar-refractivity contribution in [3.05, 3.63) is 154 Å². The third-order valence-electron chi connectivity index (χ3n) is 10.1. The topological polar surface area (TPSA) is 52.6 Å². The van der Waals surface area contributed by atoms with Crippen LogP contribution in [0.25, 0.3) is 0 Å². The molecule has 0 saturated heterocycles. The molecular formula is C41H34O4. The van der Waals surface area contributed by atoms with E-state index in [0.29, 0.717) is 33.8 Å². The van der Waals surface area contributed by atoms with Crippen LogP contribution in [0.15, 0.2) is 109 Å².